The van der Waals surface area contributed by atoms with Crippen LogP contribution in [0.5, 0.6) is 0 Å². The molecule has 1 aliphatic carbocycles. The normalized spacial score (nSPS) is 15.2. The Morgan fingerprint density at radius 3 is 2.74 bits per heavy atom. The fourth-order valence-corrected chi connectivity index (χ4v) is 2.35. The third kappa shape index (κ3) is 2.70. The zero-order valence-electron chi connectivity index (χ0n) is 11.4. The molecule has 3 heteroatoms. The third-order valence-corrected chi connectivity index (χ3v) is 3.73. The summed E-state index contributed by atoms with van der Waals surface area (Å²) in [6, 6.07) is 5.48. The number of hydrogen-bond donors (Lipinski definition) is 0. The van der Waals surface area contributed by atoms with Crippen molar-refractivity contribution in [1.82, 2.24) is 9.78 Å². The van der Waals surface area contributed by atoms with Crippen molar-refractivity contribution in [2.75, 3.05) is 0 Å². The van der Waals surface area contributed by atoms with Gasteiger partial charge in [-0.1, -0.05) is 26.0 Å². The molecule has 0 unspecified atom stereocenters. The van der Waals surface area contributed by atoms with E-state index >= 15 is 0 Å². The van der Waals surface area contributed by atoms with Gasteiger partial charge in [-0.2, -0.15) is 5.10 Å². The van der Waals surface area contributed by atoms with Crippen LogP contribution in [0.2, 0.25) is 0 Å². The summed E-state index contributed by atoms with van der Waals surface area (Å²) in [5.74, 6) is 0.891. The Kier molecular flexibility index (Phi) is 3.13. The maximum absolute atomic E-state index is 14.0. The van der Waals surface area contributed by atoms with E-state index in [1.165, 1.54) is 12.8 Å². The first-order valence-corrected chi connectivity index (χ1v) is 6.96. The van der Waals surface area contributed by atoms with Crippen molar-refractivity contribution in [3.8, 4) is 11.1 Å². The average Bonchev–Trinajstić information content (AvgIpc) is 3.04. The number of benzene rings is 1. The molecule has 1 aromatic carbocycles. The Balaban J connectivity index is 1.84. The van der Waals surface area contributed by atoms with Gasteiger partial charge in [0.2, 0.25) is 0 Å². The second kappa shape index (κ2) is 4.80. The zero-order valence-corrected chi connectivity index (χ0v) is 11.4. The van der Waals surface area contributed by atoms with Gasteiger partial charge in [0.25, 0.3) is 0 Å². The summed E-state index contributed by atoms with van der Waals surface area (Å²) in [5.41, 5.74) is 2.67. The first kappa shape index (κ1) is 12.4. The monoisotopic (exact) mass is 258 g/mol. The fourth-order valence-electron chi connectivity index (χ4n) is 2.35. The lowest BCUT2D eigenvalue weighted by Gasteiger charge is -2.08. The molecule has 2 aromatic rings. The highest BCUT2D eigenvalue weighted by Crippen LogP contribution is 2.31. The summed E-state index contributed by atoms with van der Waals surface area (Å²) >= 11 is 0. The van der Waals surface area contributed by atoms with Gasteiger partial charge in [-0.05, 0) is 41.9 Å². The van der Waals surface area contributed by atoms with Crippen LogP contribution in [0.3, 0.4) is 0 Å². The first-order chi connectivity index (χ1) is 9.13. The van der Waals surface area contributed by atoms with Crippen LogP contribution in [0.1, 0.15) is 38.2 Å². The van der Waals surface area contributed by atoms with Crippen molar-refractivity contribution in [1.29, 1.82) is 0 Å². The lowest BCUT2D eigenvalue weighted by molar-refractivity contribution is 0.563. The van der Waals surface area contributed by atoms with Gasteiger partial charge in [0.15, 0.2) is 0 Å². The Labute approximate surface area is 113 Å². The molecule has 0 N–H and O–H groups in total. The van der Waals surface area contributed by atoms with Crippen LogP contribution in [-0.2, 0) is 6.54 Å². The van der Waals surface area contributed by atoms with Gasteiger partial charge in [0.1, 0.15) is 5.82 Å². The third-order valence-electron chi connectivity index (χ3n) is 3.73. The van der Waals surface area contributed by atoms with Crippen LogP contribution >= 0.6 is 0 Å². The molecule has 0 amide bonds. The van der Waals surface area contributed by atoms with E-state index in [2.05, 4.69) is 5.10 Å². The SMILES string of the molecule is CC(C)c1ccc(-c2cnn(CC3CC3)c2)cc1F. The fraction of sp³-hybridized carbons (Fsp3) is 0.438. The summed E-state index contributed by atoms with van der Waals surface area (Å²) in [5, 5.41) is 4.35. The van der Waals surface area contributed by atoms with Crippen molar-refractivity contribution in [3.05, 3.63) is 42.0 Å². The van der Waals surface area contributed by atoms with Crippen molar-refractivity contribution in [2.45, 2.75) is 39.2 Å². The van der Waals surface area contributed by atoms with Crippen LogP contribution in [0, 0.1) is 11.7 Å². The van der Waals surface area contributed by atoms with Gasteiger partial charge >= 0.3 is 0 Å². The maximum Gasteiger partial charge on any atom is 0.127 e. The van der Waals surface area contributed by atoms with E-state index in [0.29, 0.717) is 0 Å². The van der Waals surface area contributed by atoms with E-state index in [-0.39, 0.29) is 11.7 Å². The lowest BCUT2D eigenvalue weighted by atomic mass is 9.99. The number of aromatic nitrogens is 2. The minimum atomic E-state index is -0.123. The van der Waals surface area contributed by atoms with Crippen molar-refractivity contribution in [3.63, 3.8) is 0 Å². The molecule has 0 radical (unpaired) electrons. The van der Waals surface area contributed by atoms with Gasteiger partial charge in [-0.3, -0.25) is 4.68 Å². The Morgan fingerprint density at radius 2 is 2.11 bits per heavy atom. The molecule has 1 saturated carbocycles. The molecule has 2 nitrogen and oxygen atoms in total. The van der Waals surface area contributed by atoms with Gasteiger partial charge in [-0.25, -0.2) is 4.39 Å². The molecular weight excluding hydrogens is 239 g/mol. The summed E-state index contributed by atoms with van der Waals surface area (Å²) in [7, 11) is 0. The zero-order chi connectivity index (χ0) is 13.4. The highest BCUT2D eigenvalue weighted by Gasteiger charge is 2.22. The molecule has 0 atom stereocenters. The highest BCUT2D eigenvalue weighted by molar-refractivity contribution is 5.62. The van der Waals surface area contributed by atoms with E-state index in [4.69, 9.17) is 0 Å². The maximum atomic E-state index is 14.0. The molecule has 1 aliphatic rings. The standard InChI is InChI=1S/C16H19FN2/c1-11(2)15-6-5-13(7-16(15)17)14-8-18-19(10-14)9-12-3-4-12/h5-8,10-12H,3-4,9H2,1-2H3. The van der Waals surface area contributed by atoms with Crippen LogP contribution < -0.4 is 0 Å². The summed E-state index contributed by atoms with van der Waals surface area (Å²) in [4.78, 5) is 0. The first-order valence-electron chi connectivity index (χ1n) is 6.96. The van der Waals surface area contributed by atoms with Crippen LogP contribution in [0.25, 0.3) is 11.1 Å². The summed E-state index contributed by atoms with van der Waals surface area (Å²) in [6.07, 6.45) is 6.47. The number of nitrogens with zero attached hydrogens (tertiary/aromatic N) is 2. The summed E-state index contributed by atoms with van der Waals surface area (Å²) < 4.78 is 16.0. The smallest absolute Gasteiger partial charge is 0.127 e. The molecule has 3 rings (SSSR count). The molecule has 0 bridgehead atoms. The number of hydrogen-bond acceptors (Lipinski definition) is 1. The Morgan fingerprint density at radius 1 is 1.32 bits per heavy atom. The van der Waals surface area contributed by atoms with Gasteiger partial charge in [0.05, 0.1) is 6.20 Å². The van der Waals surface area contributed by atoms with Gasteiger partial charge in [0, 0.05) is 18.3 Å². The second-order valence-corrected chi connectivity index (χ2v) is 5.79. The van der Waals surface area contributed by atoms with E-state index in [9.17, 15) is 4.39 Å². The largest absolute Gasteiger partial charge is 0.272 e. The van der Waals surface area contributed by atoms with Crippen LogP contribution in [-0.4, -0.2) is 9.78 Å². The number of rotatable bonds is 4. The van der Waals surface area contributed by atoms with E-state index in [1.807, 2.05) is 43.1 Å². The molecule has 19 heavy (non-hydrogen) atoms. The quantitative estimate of drug-likeness (QED) is 0.802. The van der Waals surface area contributed by atoms with Gasteiger partial charge in [-0.15, -0.1) is 0 Å². The average molecular weight is 258 g/mol. The van der Waals surface area contributed by atoms with E-state index in [0.717, 1.165) is 29.2 Å². The Bertz CT molecular complexity index is 582. The van der Waals surface area contributed by atoms with Gasteiger partial charge < -0.3 is 0 Å². The predicted molar refractivity (Wildman–Crippen MR) is 74.4 cm³/mol. The molecule has 1 fully saturated rings. The minimum absolute atomic E-state index is 0.123. The van der Waals surface area contributed by atoms with Crippen LogP contribution in [0.15, 0.2) is 30.6 Å². The topological polar surface area (TPSA) is 17.8 Å². The summed E-state index contributed by atoms with van der Waals surface area (Å²) in [6.45, 7) is 5.00. The van der Waals surface area contributed by atoms with E-state index in [1.54, 1.807) is 6.07 Å². The molecule has 0 aliphatic heterocycles. The molecule has 0 spiro atoms. The lowest BCUT2D eigenvalue weighted by Crippen LogP contribution is -1.99. The minimum Gasteiger partial charge on any atom is -0.272 e. The molecule has 100 valence electrons. The van der Waals surface area contributed by atoms with Crippen molar-refractivity contribution < 1.29 is 4.39 Å². The highest BCUT2D eigenvalue weighted by atomic mass is 19.1. The van der Waals surface area contributed by atoms with E-state index < -0.39 is 0 Å². The van der Waals surface area contributed by atoms with Crippen molar-refractivity contribution >= 4 is 0 Å². The number of halogens is 1. The van der Waals surface area contributed by atoms with Crippen molar-refractivity contribution in [2.24, 2.45) is 5.92 Å². The molecule has 1 aromatic heterocycles. The van der Waals surface area contributed by atoms with Crippen LogP contribution in [0.4, 0.5) is 4.39 Å². The predicted octanol–water partition coefficient (Wildman–Crippen LogP) is 4.22. The molecule has 0 saturated heterocycles. The molecular formula is C16H19FN2. The second-order valence-electron chi connectivity index (χ2n) is 5.79. The molecule has 1 heterocycles. The Hall–Kier alpha value is -1.64.